The van der Waals surface area contributed by atoms with E-state index in [0.717, 1.165) is 0 Å². The maximum atomic E-state index is 9.29. The SMILES string of the molecule is CCl.O=[PH]([O-])O[PH](=O)[O-].[Ba+2]. The Morgan fingerprint density at radius 1 is 1.20 bits per heavy atom. The summed E-state index contributed by atoms with van der Waals surface area (Å²) in [7, 11) is -7.03. The van der Waals surface area contributed by atoms with Gasteiger partial charge < -0.3 is 18.9 Å². The first-order valence-corrected chi connectivity index (χ1v) is 4.81. The van der Waals surface area contributed by atoms with Gasteiger partial charge in [0.05, 0.1) is 0 Å². The second-order valence-electron chi connectivity index (χ2n) is 0.602. The molecule has 0 aromatic heterocycles. The molecule has 0 aromatic rings. The van der Waals surface area contributed by atoms with Crippen molar-refractivity contribution in [3.05, 3.63) is 0 Å². The molecule has 0 rings (SSSR count). The Morgan fingerprint density at radius 3 is 1.40 bits per heavy atom. The first kappa shape index (κ1) is 18.1. The number of hydrogen-bond acceptors (Lipinski definition) is 5. The van der Waals surface area contributed by atoms with Crippen molar-refractivity contribution in [2.24, 2.45) is 0 Å². The van der Waals surface area contributed by atoms with Crippen molar-refractivity contribution in [2.75, 3.05) is 6.38 Å². The Morgan fingerprint density at radius 2 is 1.40 bits per heavy atom. The van der Waals surface area contributed by atoms with E-state index in [1.54, 1.807) is 0 Å². The summed E-state index contributed by atoms with van der Waals surface area (Å²) in [5, 5.41) is 0. The van der Waals surface area contributed by atoms with Gasteiger partial charge in [-0.2, -0.15) is 0 Å². The summed E-state index contributed by atoms with van der Waals surface area (Å²) in [6.07, 6.45) is 1.47. The molecule has 0 radical (unpaired) electrons. The molecule has 10 heavy (non-hydrogen) atoms. The monoisotopic (exact) mass is 332 g/mol. The third-order valence-electron chi connectivity index (χ3n) is 0.167. The van der Waals surface area contributed by atoms with Gasteiger partial charge in [-0.05, 0) is 0 Å². The van der Waals surface area contributed by atoms with E-state index >= 15 is 0 Å². The maximum absolute atomic E-state index is 9.29. The van der Waals surface area contributed by atoms with Crippen LogP contribution >= 0.6 is 28.1 Å². The molecule has 0 fully saturated rings. The van der Waals surface area contributed by atoms with Gasteiger partial charge in [0.15, 0.2) is 0 Å². The molecule has 0 aliphatic rings. The van der Waals surface area contributed by atoms with Gasteiger partial charge in [-0.3, -0.25) is 4.31 Å². The molecule has 0 saturated heterocycles. The second kappa shape index (κ2) is 13.8. The Kier molecular flexibility index (Phi) is 24.9. The summed E-state index contributed by atoms with van der Waals surface area (Å²) < 4.78 is 21.8. The van der Waals surface area contributed by atoms with Gasteiger partial charge in [-0.15, -0.1) is 11.6 Å². The zero-order valence-corrected chi connectivity index (χ0v) is 12.3. The molecule has 0 amide bonds. The van der Waals surface area contributed by atoms with Gasteiger partial charge in [0, 0.05) is 6.38 Å². The van der Waals surface area contributed by atoms with Crippen LogP contribution in [0.2, 0.25) is 0 Å². The van der Waals surface area contributed by atoms with Gasteiger partial charge in [0.1, 0.15) is 16.5 Å². The van der Waals surface area contributed by atoms with Crippen molar-refractivity contribution in [3.63, 3.8) is 0 Å². The number of alkyl halides is 1. The molecule has 0 N–H and O–H groups in total. The molecule has 9 heteroatoms. The summed E-state index contributed by atoms with van der Waals surface area (Å²) in [4.78, 5) is 18.6. The van der Waals surface area contributed by atoms with Gasteiger partial charge in [0.2, 0.25) is 0 Å². The van der Waals surface area contributed by atoms with Gasteiger partial charge in [0.25, 0.3) is 0 Å². The minimum absolute atomic E-state index is 0. The molecule has 0 spiro atoms. The standard InChI is InChI=1S/CH3Cl.Ba.H4O5P2/c1-2;;1-6(2)5-7(3)4/h1H3;;6-7H,(H,1,2)(H,3,4)/q;+2;/p-2. The molecular weight excluding hydrogens is 327 g/mol. The third kappa shape index (κ3) is 22.5. The number of hydrogen-bond donors (Lipinski definition) is 0. The summed E-state index contributed by atoms with van der Waals surface area (Å²) in [6, 6.07) is 0. The Balaban J connectivity index is -0.000000149. The Hall–Kier alpha value is 2.20. The van der Waals surface area contributed by atoms with Crippen molar-refractivity contribution in [1.82, 2.24) is 0 Å². The summed E-state index contributed by atoms with van der Waals surface area (Å²) in [6.45, 7) is 0. The topological polar surface area (TPSA) is 89.5 Å². The summed E-state index contributed by atoms with van der Waals surface area (Å²) in [5.74, 6) is 0. The van der Waals surface area contributed by atoms with E-state index in [1.807, 2.05) is 0 Å². The van der Waals surface area contributed by atoms with E-state index in [4.69, 9.17) is 0 Å². The van der Waals surface area contributed by atoms with Crippen molar-refractivity contribution >= 4 is 77.0 Å². The van der Waals surface area contributed by atoms with Crippen LogP contribution in [0.3, 0.4) is 0 Å². The van der Waals surface area contributed by atoms with Crippen LogP contribution in [-0.4, -0.2) is 55.3 Å². The maximum Gasteiger partial charge on any atom is 2.00 e. The second-order valence-corrected chi connectivity index (χ2v) is 2.42. The van der Waals surface area contributed by atoms with Gasteiger partial charge in [-0.25, -0.2) is 0 Å². The van der Waals surface area contributed by atoms with Crippen LogP contribution in [0.1, 0.15) is 0 Å². The van der Waals surface area contributed by atoms with E-state index in [-0.39, 0.29) is 48.9 Å². The van der Waals surface area contributed by atoms with Crippen LogP contribution in [0.5, 0.6) is 0 Å². The fourth-order valence-corrected chi connectivity index (χ4v) is 0.612. The Bertz CT molecular complexity index is 95.8. The predicted octanol–water partition coefficient (Wildman–Crippen LogP) is -1.02. The molecule has 0 aliphatic carbocycles. The minimum atomic E-state index is -3.51. The molecule has 58 valence electrons. The fourth-order valence-electron chi connectivity index (χ4n) is 0.0680. The summed E-state index contributed by atoms with van der Waals surface area (Å²) >= 11 is 4.64. The molecule has 5 nitrogen and oxygen atoms in total. The zero-order valence-electron chi connectivity index (χ0n) is 5.13. The quantitative estimate of drug-likeness (QED) is 0.367. The molecule has 0 aromatic carbocycles. The van der Waals surface area contributed by atoms with Gasteiger partial charge in [-0.1, -0.05) is 0 Å². The van der Waals surface area contributed by atoms with Crippen LogP contribution in [0.25, 0.3) is 0 Å². The molecule has 2 atom stereocenters. The average Bonchev–Trinajstić information content (AvgIpc) is 1.68. The predicted molar refractivity (Wildman–Crippen MR) is 36.6 cm³/mol. The first-order valence-electron chi connectivity index (χ1n) is 1.60. The molecule has 0 bridgehead atoms. The van der Waals surface area contributed by atoms with Crippen LogP contribution in [0.15, 0.2) is 0 Å². The van der Waals surface area contributed by atoms with E-state index in [2.05, 4.69) is 15.9 Å². The van der Waals surface area contributed by atoms with E-state index in [9.17, 15) is 18.9 Å². The van der Waals surface area contributed by atoms with Crippen molar-refractivity contribution < 1.29 is 23.2 Å². The molecule has 0 heterocycles. The minimum Gasteiger partial charge on any atom is -0.781 e. The van der Waals surface area contributed by atoms with Crippen molar-refractivity contribution in [1.29, 1.82) is 0 Å². The zero-order chi connectivity index (χ0) is 7.86. The van der Waals surface area contributed by atoms with E-state index < -0.39 is 16.5 Å². The molecule has 0 aliphatic heterocycles. The van der Waals surface area contributed by atoms with Gasteiger partial charge >= 0.3 is 48.9 Å². The van der Waals surface area contributed by atoms with Crippen molar-refractivity contribution in [3.8, 4) is 0 Å². The van der Waals surface area contributed by atoms with Crippen LogP contribution < -0.4 is 9.79 Å². The van der Waals surface area contributed by atoms with Crippen LogP contribution in [-0.2, 0) is 13.4 Å². The summed E-state index contributed by atoms with van der Waals surface area (Å²) in [5.41, 5.74) is 0. The fraction of sp³-hybridized carbons (Fsp3) is 1.00. The van der Waals surface area contributed by atoms with Crippen LogP contribution in [0, 0.1) is 0 Å². The Labute approximate surface area is 105 Å². The van der Waals surface area contributed by atoms with Crippen LogP contribution in [0.4, 0.5) is 0 Å². The molecule has 0 saturated carbocycles. The normalized spacial score (nSPS) is 13.6. The average molecular weight is 332 g/mol. The third-order valence-corrected chi connectivity index (χ3v) is 1.50. The van der Waals surface area contributed by atoms with E-state index in [1.165, 1.54) is 6.38 Å². The first-order chi connectivity index (χ1) is 4.13. The number of rotatable bonds is 2. The number of halogens is 1. The smallest absolute Gasteiger partial charge is 0.781 e. The molecular formula is CH5BaClO5P2. The molecule has 2 unspecified atom stereocenters. The van der Waals surface area contributed by atoms with Crippen molar-refractivity contribution in [2.45, 2.75) is 0 Å². The largest absolute Gasteiger partial charge is 2.00 e. The van der Waals surface area contributed by atoms with E-state index in [0.29, 0.717) is 0 Å².